The van der Waals surface area contributed by atoms with Crippen LogP contribution >= 0.6 is 11.3 Å². The van der Waals surface area contributed by atoms with Crippen molar-refractivity contribution in [3.05, 3.63) is 22.4 Å². The molecule has 2 fully saturated rings. The van der Waals surface area contributed by atoms with E-state index < -0.39 is 0 Å². The second-order valence-electron chi connectivity index (χ2n) is 8.10. The number of rotatable bonds is 8. The third-order valence-electron chi connectivity index (χ3n) is 5.77. The molecule has 30 heavy (non-hydrogen) atoms. The summed E-state index contributed by atoms with van der Waals surface area (Å²) in [6.45, 7) is 5.67. The van der Waals surface area contributed by atoms with Crippen LogP contribution in [0.2, 0.25) is 0 Å². The summed E-state index contributed by atoms with van der Waals surface area (Å²) in [5, 5.41) is 11.6. The van der Waals surface area contributed by atoms with Gasteiger partial charge in [-0.25, -0.2) is 0 Å². The highest BCUT2D eigenvalue weighted by atomic mass is 32.1. The molecule has 1 saturated carbocycles. The largest absolute Gasteiger partial charge is 0.357 e. The molecule has 8 heteroatoms. The van der Waals surface area contributed by atoms with Gasteiger partial charge in [-0.15, -0.1) is 11.3 Å². The molecule has 1 unspecified atom stereocenters. The molecule has 2 aliphatic rings. The number of carbonyl (C=O) groups is 2. The average molecular weight is 434 g/mol. The molecule has 0 aromatic carbocycles. The Balaban J connectivity index is 1.39. The molecular weight excluding hydrogens is 398 g/mol. The normalized spacial score (nSPS) is 20.2. The molecule has 2 heterocycles. The molecule has 1 aliphatic heterocycles. The van der Waals surface area contributed by atoms with Crippen molar-refractivity contribution >= 4 is 29.1 Å². The number of hydrogen-bond acceptors (Lipinski definition) is 4. The fraction of sp³-hybridized carbons (Fsp3) is 0.682. The van der Waals surface area contributed by atoms with E-state index in [1.165, 1.54) is 30.6 Å². The Kier molecular flexibility index (Phi) is 8.99. The van der Waals surface area contributed by atoms with Crippen LogP contribution in [0.4, 0.5) is 0 Å². The van der Waals surface area contributed by atoms with Gasteiger partial charge in [0.15, 0.2) is 5.96 Å². The molecule has 0 radical (unpaired) electrons. The highest BCUT2D eigenvalue weighted by Gasteiger charge is 2.31. The van der Waals surface area contributed by atoms with E-state index in [4.69, 9.17) is 0 Å². The van der Waals surface area contributed by atoms with Crippen LogP contribution in [0.3, 0.4) is 0 Å². The molecule has 0 spiro atoms. The first kappa shape index (κ1) is 22.6. The maximum Gasteiger partial charge on any atom is 0.261 e. The minimum absolute atomic E-state index is 0.0207. The summed E-state index contributed by atoms with van der Waals surface area (Å²) >= 11 is 1.45. The van der Waals surface area contributed by atoms with Crippen LogP contribution in [0.1, 0.15) is 61.5 Å². The van der Waals surface area contributed by atoms with Crippen molar-refractivity contribution in [1.29, 1.82) is 0 Å². The smallest absolute Gasteiger partial charge is 0.261 e. The number of amides is 2. The van der Waals surface area contributed by atoms with Gasteiger partial charge in [0, 0.05) is 44.7 Å². The van der Waals surface area contributed by atoms with E-state index in [9.17, 15) is 9.59 Å². The van der Waals surface area contributed by atoms with Crippen LogP contribution in [0, 0.1) is 5.92 Å². The number of nitrogens with zero attached hydrogens (tertiary/aromatic N) is 2. The zero-order valence-corrected chi connectivity index (χ0v) is 18.8. The Labute approximate surface area is 183 Å². The Morgan fingerprint density at radius 2 is 2.03 bits per heavy atom. The van der Waals surface area contributed by atoms with Crippen molar-refractivity contribution in [1.82, 2.24) is 20.9 Å². The standard InChI is InChI=1S/C22H35N5O2S/c1-2-23-22(25-13-7-12-24-20(28)19-10-6-15-30-19)26-18-11-14-27(16-18)21(29)17-8-4-3-5-9-17/h6,10,15,17-18H,2-5,7-9,11-14,16H2,1H3,(H,24,28)(H2,23,25,26). The first-order valence-corrected chi connectivity index (χ1v) is 12.2. The molecule has 1 aliphatic carbocycles. The quantitative estimate of drug-likeness (QED) is 0.334. The SMILES string of the molecule is CCNC(=NCCCNC(=O)c1cccs1)NC1CCN(C(=O)C2CCCCC2)C1. The molecule has 7 nitrogen and oxygen atoms in total. The summed E-state index contributed by atoms with van der Waals surface area (Å²) in [4.78, 5) is 32.1. The van der Waals surface area contributed by atoms with E-state index in [1.807, 2.05) is 29.3 Å². The van der Waals surface area contributed by atoms with Crippen LogP contribution in [0.15, 0.2) is 22.5 Å². The lowest BCUT2D eigenvalue weighted by Gasteiger charge is -2.26. The Morgan fingerprint density at radius 1 is 1.20 bits per heavy atom. The topological polar surface area (TPSA) is 85.8 Å². The molecule has 1 atom stereocenters. The van der Waals surface area contributed by atoms with Gasteiger partial charge in [0.05, 0.1) is 4.88 Å². The Morgan fingerprint density at radius 3 is 2.77 bits per heavy atom. The predicted octanol–water partition coefficient (Wildman–Crippen LogP) is 2.60. The van der Waals surface area contributed by atoms with Gasteiger partial charge in [-0.3, -0.25) is 14.6 Å². The van der Waals surface area contributed by atoms with Gasteiger partial charge in [0.1, 0.15) is 0 Å². The second kappa shape index (κ2) is 11.9. The highest BCUT2D eigenvalue weighted by molar-refractivity contribution is 7.12. The predicted molar refractivity (Wildman–Crippen MR) is 122 cm³/mol. The van der Waals surface area contributed by atoms with Gasteiger partial charge in [-0.05, 0) is 44.1 Å². The monoisotopic (exact) mass is 433 g/mol. The van der Waals surface area contributed by atoms with Gasteiger partial charge in [-0.1, -0.05) is 25.3 Å². The molecule has 1 aromatic heterocycles. The van der Waals surface area contributed by atoms with Gasteiger partial charge in [0.2, 0.25) is 5.91 Å². The highest BCUT2D eigenvalue weighted by Crippen LogP contribution is 2.26. The van der Waals surface area contributed by atoms with E-state index in [1.54, 1.807) is 0 Å². The maximum absolute atomic E-state index is 12.8. The number of hydrogen-bond donors (Lipinski definition) is 3. The summed E-state index contributed by atoms with van der Waals surface area (Å²) in [6.07, 6.45) is 7.51. The second-order valence-corrected chi connectivity index (χ2v) is 9.04. The Bertz CT molecular complexity index is 700. The van der Waals surface area contributed by atoms with Crippen molar-refractivity contribution < 1.29 is 9.59 Å². The lowest BCUT2D eigenvalue weighted by molar-refractivity contribution is -0.135. The summed E-state index contributed by atoms with van der Waals surface area (Å²) in [7, 11) is 0. The van der Waals surface area contributed by atoms with Gasteiger partial charge < -0.3 is 20.9 Å². The molecule has 0 bridgehead atoms. The molecule has 1 aromatic rings. The van der Waals surface area contributed by atoms with E-state index in [0.717, 1.165) is 56.2 Å². The molecule has 3 rings (SSSR count). The number of guanidine groups is 1. The van der Waals surface area contributed by atoms with Gasteiger partial charge >= 0.3 is 0 Å². The first-order valence-electron chi connectivity index (χ1n) is 11.3. The van der Waals surface area contributed by atoms with Crippen LogP contribution < -0.4 is 16.0 Å². The first-order chi connectivity index (χ1) is 14.7. The van der Waals surface area contributed by atoms with E-state index in [2.05, 4.69) is 20.9 Å². The van der Waals surface area contributed by atoms with E-state index >= 15 is 0 Å². The molecule has 3 N–H and O–H groups in total. The maximum atomic E-state index is 12.8. The number of thiophene rings is 1. The minimum Gasteiger partial charge on any atom is -0.357 e. The number of likely N-dealkylation sites (tertiary alicyclic amines) is 1. The average Bonchev–Trinajstić information content (AvgIpc) is 3.46. The third kappa shape index (κ3) is 6.72. The zero-order chi connectivity index (χ0) is 21.2. The summed E-state index contributed by atoms with van der Waals surface area (Å²) < 4.78 is 0. The van der Waals surface area contributed by atoms with E-state index in [-0.39, 0.29) is 17.9 Å². The van der Waals surface area contributed by atoms with Gasteiger partial charge in [-0.2, -0.15) is 0 Å². The third-order valence-corrected chi connectivity index (χ3v) is 6.64. The van der Waals surface area contributed by atoms with Crippen molar-refractivity contribution in [3.8, 4) is 0 Å². The van der Waals surface area contributed by atoms with Crippen molar-refractivity contribution in [2.75, 3.05) is 32.7 Å². The fourth-order valence-electron chi connectivity index (χ4n) is 4.17. The summed E-state index contributed by atoms with van der Waals surface area (Å²) in [5.41, 5.74) is 0. The van der Waals surface area contributed by atoms with Crippen molar-refractivity contribution in [3.63, 3.8) is 0 Å². The van der Waals surface area contributed by atoms with Crippen LogP contribution in [0.5, 0.6) is 0 Å². The Hall–Kier alpha value is -2.09. The van der Waals surface area contributed by atoms with E-state index in [0.29, 0.717) is 19.0 Å². The van der Waals surface area contributed by atoms with Gasteiger partial charge in [0.25, 0.3) is 5.91 Å². The minimum atomic E-state index is -0.0207. The number of nitrogens with one attached hydrogen (secondary N) is 3. The molecular formula is C22H35N5O2S. The number of aliphatic imine (C=N–C) groups is 1. The molecule has 166 valence electrons. The zero-order valence-electron chi connectivity index (χ0n) is 18.0. The van der Waals surface area contributed by atoms with Crippen LogP contribution in [-0.2, 0) is 4.79 Å². The number of carbonyl (C=O) groups excluding carboxylic acids is 2. The van der Waals surface area contributed by atoms with Crippen LogP contribution in [0.25, 0.3) is 0 Å². The fourth-order valence-corrected chi connectivity index (χ4v) is 4.81. The lowest BCUT2D eigenvalue weighted by atomic mass is 9.88. The molecule has 1 saturated heterocycles. The summed E-state index contributed by atoms with van der Waals surface area (Å²) in [5.74, 6) is 1.36. The van der Waals surface area contributed by atoms with Crippen molar-refractivity contribution in [2.45, 2.75) is 57.9 Å². The lowest BCUT2D eigenvalue weighted by Crippen LogP contribution is -2.45. The summed E-state index contributed by atoms with van der Waals surface area (Å²) in [6, 6.07) is 3.95. The van der Waals surface area contributed by atoms with Crippen molar-refractivity contribution in [2.24, 2.45) is 10.9 Å². The van der Waals surface area contributed by atoms with Crippen LogP contribution in [-0.4, -0.2) is 61.4 Å². The molecule has 2 amide bonds.